The van der Waals surface area contributed by atoms with Gasteiger partial charge >= 0.3 is 0 Å². The van der Waals surface area contributed by atoms with E-state index in [-0.39, 0.29) is 34.0 Å². The standard InChI is InChI=1S/C23H28O4S2Si/c1-30(2,3)15-14-22-16-19(22)17-23(18-22,28(24,25)20-10-6-4-7-11-20)29(26,27)21-12-8-5-9-13-21/h4-15,19H,16-18H2,1-3H3/b15-14-. The van der Waals surface area contributed by atoms with Gasteiger partial charge in [0, 0.05) is 0 Å². The van der Waals surface area contributed by atoms with Crippen LogP contribution in [-0.4, -0.2) is 29.0 Å². The molecule has 2 aromatic rings. The van der Waals surface area contributed by atoms with Gasteiger partial charge in [0.25, 0.3) is 0 Å². The van der Waals surface area contributed by atoms with E-state index in [1.54, 1.807) is 36.4 Å². The van der Waals surface area contributed by atoms with E-state index < -0.39 is 31.8 Å². The molecule has 0 saturated heterocycles. The Labute approximate surface area is 180 Å². The fraction of sp³-hybridized carbons (Fsp3) is 0.391. The summed E-state index contributed by atoms with van der Waals surface area (Å²) >= 11 is 0. The summed E-state index contributed by atoms with van der Waals surface area (Å²) in [5.41, 5.74) is 1.90. The molecule has 0 bridgehead atoms. The molecule has 0 aliphatic heterocycles. The van der Waals surface area contributed by atoms with E-state index in [2.05, 4.69) is 31.4 Å². The fourth-order valence-electron chi connectivity index (χ4n) is 4.70. The highest BCUT2D eigenvalue weighted by Crippen LogP contribution is 2.71. The number of hydrogen-bond donors (Lipinski definition) is 0. The second-order valence-corrected chi connectivity index (χ2v) is 19.6. The molecule has 7 heteroatoms. The van der Waals surface area contributed by atoms with Gasteiger partial charge in [-0.3, -0.25) is 0 Å². The predicted molar refractivity (Wildman–Crippen MR) is 122 cm³/mol. The SMILES string of the molecule is C[Si](C)(C)/C=C\C12CC1CC(S(=O)(=O)c1ccccc1)(S(=O)(=O)c1ccccc1)C2. The Morgan fingerprint density at radius 2 is 1.27 bits per heavy atom. The molecule has 2 unspecified atom stereocenters. The highest BCUT2D eigenvalue weighted by atomic mass is 32.3. The number of sulfone groups is 2. The van der Waals surface area contributed by atoms with Crippen LogP contribution in [0, 0.1) is 11.3 Å². The summed E-state index contributed by atoms with van der Waals surface area (Å²) in [6, 6.07) is 16.1. The Morgan fingerprint density at radius 3 is 1.70 bits per heavy atom. The average Bonchev–Trinajstić information content (AvgIpc) is 3.27. The molecule has 30 heavy (non-hydrogen) atoms. The van der Waals surface area contributed by atoms with Crippen molar-refractivity contribution in [2.24, 2.45) is 11.3 Å². The summed E-state index contributed by atoms with van der Waals surface area (Å²) in [7, 11) is -9.71. The van der Waals surface area contributed by atoms with Gasteiger partial charge < -0.3 is 0 Å². The fourth-order valence-corrected chi connectivity index (χ4v) is 10.9. The van der Waals surface area contributed by atoms with Gasteiger partial charge in [-0.15, -0.1) is 0 Å². The second-order valence-electron chi connectivity index (χ2n) is 9.76. The van der Waals surface area contributed by atoms with Crippen LogP contribution < -0.4 is 0 Å². The third-order valence-corrected chi connectivity index (χ3v) is 13.3. The zero-order valence-corrected chi connectivity index (χ0v) is 20.2. The number of hydrogen-bond acceptors (Lipinski definition) is 4. The van der Waals surface area contributed by atoms with E-state index in [9.17, 15) is 16.8 Å². The molecular formula is C23H28O4S2Si. The molecule has 2 saturated carbocycles. The lowest BCUT2D eigenvalue weighted by Gasteiger charge is -2.31. The van der Waals surface area contributed by atoms with Crippen LogP contribution in [0.15, 0.2) is 82.2 Å². The van der Waals surface area contributed by atoms with Crippen molar-refractivity contribution < 1.29 is 16.8 Å². The van der Waals surface area contributed by atoms with Crippen LogP contribution in [-0.2, 0) is 19.7 Å². The number of allylic oxidation sites excluding steroid dienone is 1. The molecule has 4 rings (SSSR count). The third kappa shape index (κ3) is 3.31. The normalized spacial score (nSPS) is 25.9. The van der Waals surface area contributed by atoms with Crippen molar-refractivity contribution in [1.82, 2.24) is 0 Å². The molecule has 0 spiro atoms. The summed E-state index contributed by atoms with van der Waals surface area (Å²) in [5.74, 6) is 0.0853. The second kappa shape index (κ2) is 6.90. The van der Waals surface area contributed by atoms with Crippen molar-refractivity contribution >= 4 is 27.7 Å². The van der Waals surface area contributed by atoms with Crippen LogP contribution >= 0.6 is 0 Å². The highest BCUT2D eigenvalue weighted by Gasteiger charge is 2.73. The van der Waals surface area contributed by atoms with Crippen LogP contribution in [0.25, 0.3) is 0 Å². The highest BCUT2D eigenvalue weighted by molar-refractivity contribution is 8.10. The Bertz CT molecular complexity index is 1110. The van der Waals surface area contributed by atoms with Gasteiger partial charge in [0.1, 0.15) is 0 Å². The summed E-state index contributed by atoms with van der Waals surface area (Å²) < 4.78 is 53.7. The molecule has 2 aliphatic carbocycles. The van der Waals surface area contributed by atoms with E-state index in [4.69, 9.17) is 0 Å². The monoisotopic (exact) mass is 460 g/mol. The quantitative estimate of drug-likeness (QED) is 0.577. The predicted octanol–water partition coefficient (Wildman–Crippen LogP) is 4.86. The van der Waals surface area contributed by atoms with Crippen LogP contribution in [0.4, 0.5) is 0 Å². The molecule has 0 radical (unpaired) electrons. The van der Waals surface area contributed by atoms with Gasteiger partial charge in [-0.25, -0.2) is 16.8 Å². The van der Waals surface area contributed by atoms with Crippen molar-refractivity contribution in [3.8, 4) is 0 Å². The first kappa shape index (κ1) is 21.5. The topological polar surface area (TPSA) is 68.3 Å². The Morgan fingerprint density at radius 1 is 0.800 bits per heavy atom. The molecule has 0 aromatic heterocycles. The summed E-state index contributed by atoms with van der Waals surface area (Å²) in [4.78, 5) is 0.158. The average molecular weight is 461 g/mol. The minimum atomic E-state index is -4.11. The van der Waals surface area contributed by atoms with Crippen molar-refractivity contribution in [1.29, 1.82) is 0 Å². The third-order valence-electron chi connectivity index (χ3n) is 6.44. The Hall–Kier alpha value is -1.70. The minimum absolute atomic E-state index is 0.0788. The van der Waals surface area contributed by atoms with Gasteiger partial charge in [0.15, 0.2) is 23.8 Å². The van der Waals surface area contributed by atoms with Crippen molar-refractivity contribution in [3.05, 3.63) is 72.4 Å². The molecule has 160 valence electrons. The van der Waals surface area contributed by atoms with Gasteiger partial charge in [0.2, 0.25) is 0 Å². The molecule has 0 N–H and O–H groups in total. The Kier molecular flexibility index (Phi) is 4.95. The lowest BCUT2D eigenvalue weighted by molar-refractivity contribution is 0.508. The van der Waals surface area contributed by atoms with Crippen molar-refractivity contribution in [2.75, 3.05) is 0 Å². The van der Waals surface area contributed by atoms with Gasteiger partial charge in [0.05, 0.1) is 17.9 Å². The lowest BCUT2D eigenvalue weighted by Crippen LogP contribution is -2.45. The molecular weight excluding hydrogens is 432 g/mol. The summed E-state index contributed by atoms with van der Waals surface area (Å²) in [5, 5.41) is 0. The van der Waals surface area contributed by atoms with Gasteiger partial charge in [-0.2, -0.15) is 0 Å². The first-order valence-corrected chi connectivity index (χ1v) is 16.8. The van der Waals surface area contributed by atoms with E-state index in [0.29, 0.717) is 0 Å². The molecule has 2 aromatic carbocycles. The molecule has 2 aliphatic rings. The van der Waals surface area contributed by atoms with Crippen molar-refractivity contribution in [3.63, 3.8) is 0 Å². The smallest absolute Gasteiger partial charge is 0.198 e. The lowest BCUT2D eigenvalue weighted by atomic mass is 10.0. The first-order chi connectivity index (χ1) is 13.9. The van der Waals surface area contributed by atoms with Gasteiger partial charge in [-0.1, -0.05) is 67.8 Å². The number of rotatable bonds is 6. The molecule has 2 atom stereocenters. The van der Waals surface area contributed by atoms with E-state index in [1.165, 1.54) is 24.3 Å². The summed E-state index contributed by atoms with van der Waals surface area (Å²) in [6.45, 7) is 6.67. The molecule has 2 fully saturated rings. The van der Waals surface area contributed by atoms with Crippen LogP contribution in [0.5, 0.6) is 0 Å². The van der Waals surface area contributed by atoms with E-state index in [1.807, 2.05) is 0 Å². The maximum Gasteiger partial charge on any atom is 0.198 e. The number of fused-ring (bicyclic) bond motifs is 1. The van der Waals surface area contributed by atoms with Crippen LogP contribution in [0.3, 0.4) is 0 Å². The molecule has 0 amide bonds. The zero-order chi connectivity index (χ0) is 21.8. The summed E-state index contributed by atoms with van der Waals surface area (Å²) in [6.07, 6.45) is 3.29. The maximum absolute atomic E-state index is 13.9. The van der Waals surface area contributed by atoms with Crippen molar-refractivity contribution in [2.45, 2.75) is 52.8 Å². The van der Waals surface area contributed by atoms with Crippen LogP contribution in [0.2, 0.25) is 19.6 Å². The molecule has 4 nitrogen and oxygen atoms in total. The van der Waals surface area contributed by atoms with Gasteiger partial charge in [-0.05, 0) is 54.9 Å². The maximum atomic E-state index is 13.9. The minimum Gasteiger partial charge on any atom is -0.222 e. The first-order valence-electron chi connectivity index (χ1n) is 10.2. The Balaban J connectivity index is 1.88. The van der Waals surface area contributed by atoms with E-state index in [0.717, 1.165) is 6.42 Å². The zero-order valence-electron chi connectivity index (χ0n) is 17.6. The number of benzene rings is 2. The van der Waals surface area contributed by atoms with Crippen LogP contribution in [0.1, 0.15) is 19.3 Å². The largest absolute Gasteiger partial charge is 0.222 e. The molecule has 0 heterocycles. The van der Waals surface area contributed by atoms with E-state index >= 15 is 0 Å².